The van der Waals surface area contributed by atoms with Crippen LogP contribution in [0.2, 0.25) is 0 Å². The van der Waals surface area contributed by atoms with Gasteiger partial charge in [0.05, 0.1) is 7.11 Å². The summed E-state index contributed by atoms with van der Waals surface area (Å²) in [4.78, 5) is 22.2. The Bertz CT molecular complexity index is 399. The molecule has 0 aliphatic heterocycles. The number of carbonyl (C=O) groups excluding carboxylic acids is 2. The second-order valence-electron chi connectivity index (χ2n) is 3.14. The van der Waals surface area contributed by atoms with Gasteiger partial charge in [-0.2, -0.15) is 0 Å². The summed E-state index contributed by atoms with van der Waals surface area (Å²) in [6.07, 6.45) is 0.0644. The first-order valence-corrected chi connectivity index (χ1v) is 5.20. The second-order valence-corrected chi connectivity index (χ2v) is 3.93. The van der Waals surface area contributed by atoms with Crippen molar-refractivity contribution in [2.75, 3.05) is 7.11 Å². The first-order chi connectivity index (χ1) is 7.06. The fourth-order valence-electron chi connectivity index (χ4n) is 1.20. The molecule has 0 atom stereocenters. The molecule has 0 heterocycles. The van der Waals surface area contributed by atoms with Gasteiger partial charge in [-0.3, -0.25) is 4.79 Å². The Morgan fingerprint density at radius 1 is 1.40 bits per heavy atom. The highest BCUT2D eigenvalue weighted by Crippen LogP contribution is 2.21. The zero-order valence-electron chi connectivity index (χ0n) is 8.54. The van der Waals surface area contributed by atoms with E-state index < -0.39 is 11.8 Å². The summed E-state index contributed by atoms with van der Waals surface area (Å²) < 4.78 is 5.21. The van der Waals surface area contributed by atoms with E-state index >= 15 is 0 Å². The molecule has 0 aromatic heterocycles. The van der Waals surface area contributed by atoms with E-state index in [1.165, 1.54) is 7.11 Å². The van der Waals surface area contributed by atoms with Gasteiger partial charge < -0.3 is 4.74 Å². The van der Waals surface area contributed by atoms with Crippen LogP contribution >= 0.6 is 15.9 Å². The highest BCUT2D eigenvalue weighted by molar-refractivity contribution is 9.10. The summed E-state index contributed by atoms with van der Waals surface area (Å²) in [5.74, 6) is -1.34. The zero-order chi connectivity index (χ0) is 11.4. The van der Waals surface area contributed by atoms with E-state index in [2.05, 4.69) is 20.7 Å². The molecule has 15 heavy (non-hydrogen) atoms. The minimum absolute atomic E-state index is 0.0644. The van der Waals surface area contributed by atoms with Crippen molar-refractivity contribution in [3.8, 4) is 0 Å². The Hall–Kier alpha value is -1.16. The van der Waals surface area contributed by atoms with Crippen LogP contribution in [-0.2, 0) is 20.7 Å². The minimum Gasteiger partial charge on any atom is -0.463 e. The van der Waals surface area contributed by atoms with Gasteiger partial charge in [-0.15, -0.1) is 0 Å². The van der Waals surface area contributed by atoms with Crippen LogP contribution in [0.15, 0.2) is 22.7 Å². The predicted molar refractivity (Wildman–Crippen MR) is 59.6 cm³/mol. The highest BCUT2D eigenvalue weighted by Gasteiger charge is 2.16. The Morgan fingerprint density at radius 2 is 2.07 bits per heavy atom. The maximum absolute atomic E-state index is 11.3. The van der Waals surface area contributed by atoms with Crippen LogP contribution in [0.25, 0.3) is 0 Å². The van der Waals surface area contributed by atoms with Crippen molar-refractivity contribution in [2.24, 2.45) is 0 Å². The maximum Gasteiger partial charge on any atom is 0.374 e. The maximum atomic E-state index is 11.3. The Balaban J connectivity index is 2.86. The number of hydrogen-bond donors (Lipinski definition) is 0. The van der Waals surface area contributed by atoms with Crippen LogP contribution < -0.4 is 0 Å². The lowest BCUT2D eigenvalue weighted by Gasteiger charge is -2.05. The van der Waals surface area contributed by atoms with E-state index in [1.807, 2.05) is 19.1 Å². The quantitative estimate of drug-likeness (QED) is 0.624. The molecule has 0 unspecified atom stereocenters. The average molecular weight is 271 g/mol. The average Bonchev–Trinajstić information content (AvgIpc) is 2.23. The van der Waals surface area contributed by atoms with Crippen LogP contribution in [-0.4, -0.2) is 18.9 Å². The topological polar surface area (TPSA) is 43.4 Å². The second kappa shape index (κ2) is 5.07. The molecule has 0 bridgehead atoms. The van der Waals surface area contributed by atoms with Gasteiger partial charge in [0.25, 0.3) is 0 Å². The van der Waals surface area contributed by atoms with Crippen LogP contribution in [0.5, 0.6) is 0 Å². The molecule has 1 aromatic carbocycles. The minimum atomic E-state index is -0.802. The molecule has 0 saturated carbocycles. The third kappa shape index (κ3) is 2.89. The first kappa shape index (κ1) is 11.9. The van der Waals surface area contributed by atoms with Crippen LogP contribution in [0.1, 0.15) is 11.1 Å². The van der Waals surface area contributed by atoms with Gasteiger partial charge in [-0.25, -0.2) is 4.79 Å². The molecule has 0 saturated heterocycles. The van der Waals surface area contributed by atoms with Crippen LogP contribution in [0.3, 0.4) is 0 Å². The number of ether oxygens (including phenoxy) is 1. The summed E-state index contributed by atoms with van der Waals surface area (Å²) in [7, 11) is 1.20. The van der Waals surface area contributed by atoms with E-state index in [0.717, 1.165) is 15.6 Å². The standard InChI is InChI=1S/C11H11BrO3/c1-7-4-3-5-8(10(7)12)6-9(13)11(14)15-2/h3-5H,6H2,1-2H3. The van der Waals surface area contributed by atoms with Gasteiger partial charge in [0.15, 0.2) is 0 Å². The van der Waals surface area contributed by atoms with E-state index in [0.29, 0.717) is 0 Å². The van der Waals surface area contributed by atoms with E-state index in [9.17, 15) is 9.59 Å². The number of aryl methyl sites for hydroxylation is 1. The summed E-state index contributed by atoms with van der Waals surface area (Å²) >= 11 is 3.38. The normalized spacial score (nSPS) is 9.80. The van der Waals surface area contributed by atoms with E-state index in [1.54, 1.807) is 6.07 Å². The van der Waals surface area contributed by atoms with Crippen LogP contribution in [0, 0.1) is 6.92 Å². The smallest absolute Gasteiger partial charge is 0.374 e. The van der Waals surface area contributed by atoms with Crippen molar-refractivity contribution in [1.82, 2.24) is 0 Å². The molecule has 1 aromatic rings. The van der Waals surface area contributed by atoms with Gasteiger partial charge in [-0.1, -0.05) is 34.1 Å². The lowest BCUT2D eigenvalue weighted by molar-refractivity contribution is -0.151. The third-order valence-electron chi connectivity index (χ3n) is 2.04. The first-order valence-electron chi connectivity index (χ1n) is 4.41. The highest BCUT2D eigenvalue weighted by atomic mass is 79.9. The number of ketones is 1. The molecule has 0 radical (unpaired) electrons. The van der Waals surface area contributed by atoms with Crippen molar-refractivity contribution in [3.05, 3.63) is 33.8 Å². The number of benzene rings is 1. The Labute approximate surface area is 96.6 Å². The molecule has 4 heteroatoms. The summed E-state index contributed by atoms with van der Waals surface area (Å²) in [6.45, 7) is 1.93. The lowest BCUT2D eigenvalue weighted by atomic mass is 10.1. The fraction of sp³-hybridized carbons (Fsp3) is 0.273. The SMILES string of the molecule is COC(=O)C(=O)Cc1cccc(C)c1Br. The number of methoxy groups -OCH3 is 1. The molecule has 0 fully saturated rings. The lowest BCUT2D eigenvalue weighted by Crippen LogP contribution is -2.18. The van der Waals surface area contributed by atoms with Gasteiger partial charge >= 0.3 is 5.97 Å². The van der Waals surface area contributed by atoms with Crippen molar-refractivity contribution in [2.45, 2.75) is 13.3 Å². The van der Waals surface area contributed by atoms with Gasteiger partial charge in [0.1, 0.15) is 0 Å². The van der Waals surface area contributed by atoms with Gasteiger partial charge in [0.2, 0.25) is 5.78 Å². The molecule has 0 N–H and O–H groups in total. The third-order valence-corrected chi connectivity index (χ3v) is 3.17. The van der Waals surface area contributed by atoms with E-state index in [-0.39, 0.29) is 6.42 Å². The summed E-state index contributed by atoms with van der Waals surface area (Å²) in [5.41, 5.74) is 1.83. The largest absolute Gasteiger partial charge is 0.463 e. The molecule has 0 spiro atoms. The monoisotopic (exact) mass is 270 g/mol. The predicted octanol–water partition coefficient (Wildman–Crippen LogP) is 2.04. The number of hydrogen-bond acceptors (Lipinski definition) is 3. The van der Waals surface area contributed by atoms with E-state index in [4.69, 9.17) is 0 Å². The van der Waals surface area contributed by atoms with Crippen molar-refractivity contribution in [1.29, 1.82) is 0 Å². The Kier molecular flexibility index (Phi) is 4.03. The number of halogens is 1. The van der Waals surface area contributed by atoms with Crippen molar-refractivity contribution < 1.29 is 14.3 Å². The van der Waals surface area contributed by atoms with Gasteiger partial charge in [-0.05, 0) is 18.1 Å². The van der Waals surface area contributed by atoms with Crippen molar-refractivity contribution >= 4 is 27.7 Å². The molecular weight excluding hydrogens is 260 g/mol. The van der Waals surface area contributed by atoms with Crippen LogP contribution in [0.4, 0.5) is 0 Å². The van der Waals surface area contributed by atoms with Gasteiger partial charge in [0, 0.05) is 10.9 Å². The number of Topliss-reactive ketones (excluding diaryl/α,β-unsaturated/α-hetero) is 1. The molecule has 1 rings (SSSR count). The summed E-state index contributed by atoms with van der Waals surface area (Å²) in [6, 6.07) is 5.58. The molecular formula is C11H11BrO3. The summed E-state index contributed by atoms with van der Waals surface area (Å²) in [5, 5.41) is 0. The number of rotatable bonds is 3. The molecule has 3 nitrogen and oxygen atoms in total. The molecule has 0 aliphatic rings. The zero-order valence-corrected chi connectivity index (χ0v) is 10.1. The Morgan fingerprint density at radius 3 is 2.67 bits per heavy atom. The fourth-order valence-corrected chi connectivity index (χ4v) is 1.61. The molecule has 0 amide bonds. The number of carbonyl (C=O) groups is 2. The molecule has 0 aliphatic carbocycles. The molecule has 80 valence electrons. The number of esters is 1. The van der Waals surface area contributed by atoms with Crippen molar-refractivity contribution in [3.63, 3.8) is 0 Å².